The number of ether oxygens (including phenoxy) is 1. The van der Waals surface area contributed by atoms with Gasteiger partial charge in [-0.15, -0.1) is 0 Å². The number of benzene rings is 2. The van der Waals surface area contributed by atoms with Crippen LogP contribution in [0.4, 0.5) is 10.5 Å². The Balaban J connectivity index is 1.59. The number of cyclic esters (lactones) is 1. The molecule has 8 heteroatoms. The smallest absolute Gasteiger partial charge is 0.338 e. The van der Waals surface area contributed by atoms with Gasteiger partial charge in [0.15, 0.2) is 0 Å². The molecule has 1 atom stereocenters. The summed E-state index contributed by atoms with van der Waals surface area (Å²) in [4.78, 5) is 39.1. The first-order valence-corrected chi connectivity index (χ1v) is 9.97. The number of hydrogen-bond acceptors (Lipinski definition) is 4. The van der Waals surface area contributed by atoms with Gasteiger partial charge in [-0.2, -0.15) is 0 Å². The quantitative estimate of drug-likeness (QED) is 0.718. The lowest BCUT2D eigenvalue weighted by Crippen LogP contribution is -2.49. The molecular formula is C22H20ClN3O4. The summed E-state index contributed by atoms with van der Waals surface area (Å²) < 4.78 is 5.18. The zero-order chi connectivity index (χ0) is 21.3. The summed E-state index contributed by atoms with van der Waals surface area (Å²) in [7, 11) is 0. The molecule has 2 aliphatic heterocycles. The SMILES string of the molecule is CCc1cccc(NC(=O)CN2C(=O)N[C@H](c3ccccc3Cl)C3=C2COC3=O)c1. The number of amides is 3. The number of aryl methyl sites for hydroxylation is 1. The summed E-state index contributed by atoms with van der Waals surface area (Å²) in [6.45, 7) is 1.72. The number of urea groups is 1. The molecule has 0 saturated carbocycles. The normalized spacial score (nSPS) is 18.1. The Labute approximate surface area is 178 Å². The van der Waals surface area contributed by atoms with Gasteiger partial charge in [0.25, 0.3) is 0 Å². The summed E-state index contributed by atoms with van der Waals surface area (Å²) in [5.74, 6) is -0.906. The van der Waals surface area contributed by atoms with Crippen LogP contribution >= 0.6 is 11.6 Å². The van der Waals surface area contributed by atoms with Crippen LogP contribution in [0.2, 0.25) is 5.02 Å². The van der Waals surface area contributed by atoms with Gasteiger partial charge in [-0.05, 0) is 35.7 Å². The fraction of sp³-hybridized carbons (Fsp3) is 0.227. The minimum atomic E-state index is -0.725. The van der Waals surface area contributed by atoms with E-state index in [1.807, 2.05) is 25.1 Å². The molecule has 0 unspecified atom stereocenters. The van der Waals surface area contributed by atoms with E-state index in [0.29, 0.717) is 27.5 Å². The zero-order valence-electron chi connectivity index (χ0n) is 16.3. The van der Waals surface area contributed by atoms with Gasteiger partial charge in [-0.25, -0.2) is 9.59 Å². The van der Waals surface area contributed by atoms with E-state index in [9.17, 15) is 14.4 Å². The molecule has 154 valence electrons. The molecule has 2 aromatic carbocycles. The van der Waals surface area contributed by atoms with Gasteiger partial charge >= 0.3 is 12.0 Å². The maximum atomic E-state index is 12.8. The summed E-state index contributed by atoms with van der Waals surface area (Å²) in [6, 6.07) is 13.3. The molecule has 2 heterocycles. The van der Waals surface area contributed by atoms with Gasteiger partial charge in [-0.3, -0.25) is 9.69 Å². The largest absolute Gasteiger partial charge is 0.456 e. The summed E-state index contributed by atoms with van der Waals surface area (Å²) in [5, 5.41) is 6.00. The van der Waals surface area contributed by atoms with E-state index in [2.05, 4.69) is 10.6 Å². The van der Waals surface area contributed by atoms with Crippen LogP contribution in [-0.4, -0.2) is 36.0 Å². The molecule has 0 aromatic heterocycles. The number of carbonyl (C=O) groups excluding carboxylic acids is 3. The average Bonchev–Trinajstić information content (AvgIpc) is 3.12. The highest BCUT2D eigenvalue weighted by Crippen LogP contribution is 2.37. The molecule has 0 bridgehead atoms. The Morgan fingerprint density at radius 2 is 2.03 bits per heavy atom. The summed E-state index contributed by atoms with van der Waals surface area (Å²) in [6.07, 6.45) is 0.845. The lowest BCUT2D eigenvalue weighted by atomic mass is 9.95. The Hall–Kier alpha value is -3.32. The Morgan fingerprint density at radius 1 is 1.23 bits per heavy atom. The van der Waals surface area contributed by atoms with Gasteiger partial charge in [0.1, 0.15) is 13.2 Å². The molecule has 4 rings (SSSR count). The van der Waals surface area contributed by atoms with E-state index >= 15 is 0 Å². The van der Waals surface area contributed by atoms with Crippen molar-refractivity contribution in [1.29, 1.82) is 0 Å². The Kier molecular flexibility index (Phi) is 5.46. The zero-order valence-corrected chi connectivity index (χ0v) is 17.0. The minimum Gasteiger partial charge on any atom is -0.456 e. The van der Waals surface area contributed by atoms with E-state index in [4.69, 9.17) is 16.3 Å². The van der Waals surface area contributed by atoms with Crippen molar-refractivity contribution in [3.63, 3.8) is 0 Å². The molecule has 7 nitrogen and oxygen atoms in total. The first-order chi connectivity index (χ1) is 14.5. The minimum absolute atomic E-state index is 0.0683. The standard InChI is InChI=1S/C22H20ClN3O4/c1-2-13-6-5-7-14(10-13)24-18(27)11-26-17-12-30-21(28)19(17)20(25-22(26)29)15-8-3-4-9-16(15)23/h3-10,20H,2,11-12H2,1H3,(H,24,27)(H,25,29)/t20-/m1/s1. The van der Waals surface area contributed by atoms with Gasteiger partial charge < -0.3 is 15.4 Å². The van der Waals surface area contributed by atoms with Crippen molar-refractivity contribution in [2.45, 2.75) is 19.4 Å². The molecule has 0 spiro atoms. The molecule has 30 heavy (non-hydrogen) atoms. The van der Waals surface area contributed by atoms with E-state index in [1.54, 1.807) is 30.3 Å². The van der Waals surface area contributed by atoms with Crippen LogP contribution in [0.1, 0.15) is 24.1 Å². The van der Waals surface area contributed by atoms with Crippen LogP contribution in [0.3, 0.4) is 0 Å². The van der Waals surface area contributed by atoms with Crippen LogP contribution in [-0.2, 0) is 20.7 Å². The highest BCUT2D eigenvalue weighted by Gasteiger charge is 2.43. The maximum absolute atomic E-state index is 12.8. The molecular weight excluding hydrogens is 406 g/mol. The molecule has 2 N–H and O–H groups in total. The molecule has 0 aliphatic carbocycles. The van der Waals surface area contributed by atoms with Crippen molar-refractivity contribution in [3.8, 4) is 0 Å². The molecule has 0 saturated heterocycles. The predicted molar refractivity (Wildman–Crippen MR) is 112 cm³/mol. The first-order valence-electron chi connectivity index (χ1n) is 9.59. The van der Waals surface area contributed by atoms with E-state index in [1.165, 1.54) is 4.90 Å². The third kappa shape index (κ3) is 3.76. The lowest BCUT2D eigenvalue weighted by Gasteiger charge is -2.32. The Bertz CT molecular complexity index is 1070. The Morgan fingerprint density at radius 3 is 2.80 bits per heavy atom. The fourth-order valence-corrected chi connectivity index (χ4v) is 3.88. The summed E-state index contributed by atoms with van der Waals surface area (Å²) >= 11 is 6.28. The maximum Gasteiger partial charge on any atom is 0.338 e. The van der Waals surface area contributed by atoms with Crippen LogP contribution in [0, 0.1) is 0 Å². The molecule has 0 fully saturated rings. The monoisotopic (exact) mass is 425 g/mol. The lowest BCUT2D eigenvalue weighted by molar-refractivity contribution is -0.136. The van der Waals surface area contributed by atoms with Gasteiger partial charge in [0.05, 0.1) is 17.3 Å². The van der Waals surface area contributed by atoms with Crippen LogP contribution in [0.15, 0.2) is 59.8 Å². The van der Waals surface area contributed by atoms with Gasteiger partial charge in [0.2, 0.25) is 5.91 Å². The van der Waals surface area contributed by atoms with Crippen molar-refractivity contribution in [2.24, 2.45) is 0 Å². The highest BCUT2D eigenvalue weighted by molar-refractivity contribution is 6.31. The molecule has 2 aromatic rings. The van der Waals surface area contributed by atoms with Gasteiger partial charge in [0, 0.05) is 10.7 Å². The molecule has 0 radical (unpaired) electrons. The van der Waals surface area contributed by atoms with Crippen LogP contribution < -0.4 is 10.6 Å². The van der Waals surface area contributed by atoms with E-state index in [0.717, 1.165) is 12.0 Å². The third-order valence-corrected chi connectivity index (χ3v) is 5.48. The van der Waals surface area contributed by atoms with Crippen LogP contribution in [0.5, 0.6) is 0 Å². The van der Waals surface area contributed by atoms with Crippen molar-refractivity contribution in [2.75, 3.05) is 18.5 Å². The molecule has 2 aliphatic rings. The van der Waals surface area contributed by atoms with E-state index < -0.39 is 18.0 Å². The van der Waals surface area contributed by atoms with Crippen molar-refractivity contribution >= 4 is 35.2 Å². The first kappa shape index (κ1) is 20.0. The van der Waals surface area contributed by atoms with Crippen molar-refractivity contribution in [1.82, 2.24) is 10.2 Å². The van der Waals surface area contributed by atoms with Crippen molar-refractivity contribution < 1.29 is 19.1 Å². The predicted octanol–water partition coefficient (Wildman–Crippen LogP) is 3.42. The highest BCUT2D eigenvalue weighted by atomic mass is 35.5. The van der Waals surface area contributed by atoms with Crippen LogP contribution in [0.25, 0.3) is 0 Å². The number of hydrogen-bond donors (Lipinski definition) is 2. The second-order valence-corrected chi connectivity index (χ2v) is 7.44. The average molecular weight is 426 g/mol. The fourth-order valence-electron chi connectivity index (χ4n) is 3.63. The molecule has 3 amide bonds. The number of nitrogens with one attached hydrogen (secondary N) is 2. The second kappa shape index (κ2) is 8.20. The third-order valence-electron chi connectivity index (χ3n) is 5.14. The number of esters is 1. The van der Waals surface area contributed by atoms with Gasteiger partial charge in [-0.1, -0.05) is 48.9 Å². The number of halogens is 1. The van der Waals surface area contributed by atoms with E-state index in [-0.39, 0.29) is 19.1 Å². The number of carbonyl (C=O) groups is 3. The van der Waals surface area contributed by atoms with Crippen molar-refractivity contribution in [3.05, 3.63) is 76.0 Å². The number of rotatable bonds is 5. The topological polar surface area (TPSA) is 87.7 Å². The second-order valence-electron chi connectivity index (χ2n) is 7.03. The number of anilines is 1. The summed E-state index contributed by atoms with van der Waals surface area (Å²) in [5.41, 5.74) is 3.01. The number of nitrogens with zero attached hydrogens (tertiary/aromatic N) is 1.